The Balaban J connectivity index is 1.75. The van der Waals surface area contributed by atoms with Crippen LogP contribution in [-0.4, -0.2) is 16.1 Å². The van der Waals surface area contributed by atoms with Crippen LogP contribution in [0, 0.1) is 0 Å². The van der Waals surface area contributed by atoms with E-state index in [4.69, 9.17) is 11.6 Å². The molecule has 0 saturated carbocycles. The van der Waals surface area contributed by atoms with Gasteiger partial charge in [-0.3, -0.25) is 9.89 Å². The van der Waals surface area contributed by atoms with Crippen molar-refractivity contribution in [2.75, 3.05) is 5.32 Å². The molecule has 4 nitrogen and oxygen atoms in total. The van der Waals surface area contributed by atoms with Gasteiger partial charge in [-0.15, -0.1) is 0 Å². The fourth-order valence-corrected chi connectivity index (χ4v) is 3.04. The van der Waals surface area contributed by atoms with E-state index < -0.39 is 0 Å². The number of nitrogens with one attached hydrogen (secondary N) is 2. The SMILES string of the molecule is CCCC(C(=O)Nc1ccc(-c2cn[nH]c2)cc1)c1cccc(Cl)c1. The molecule has 3 rings (SSSR count). The van der Waals surface area contributed by atoms with Crippen molar-refractivity contribution in [3.8, 4) is 11.1 Å². The molecular formula is C20H20ClN3O. The molecule has 1 amide bonds. The first-order valence-electron chi connectivity index (χ1n) is 8.33. The zero-order chi connectivity index (χ0) is 17.6. The van der Waals surface area contributed by atoms with Gasteiger partial charge in [0.05, 0.1) is 12.1 Å². The monoisotopic (exact) mass is 353 g/mol. The molecule has 0 aliphatic carbocycles. The molecule has 0 aliphatic rings. The summed E-state index contributed by atoms with van der Waals surface area (Å²) in [6, 6.07) is 15.3. The number of anilines is 1. The number of hydrogen-bond acceptors (Lipinski definition) is 2. The maximum Gasteiger partial charge on any atom is 0.231 e. The lowest BCUT2D eigenvalue weighted by atomic mass is 9.93. The van der Waals surface area contributed by atoms with Crippen molar-refractivity contribution in [3.05, 3.63) is 71.5 Å². The minimum absolute atomic E-state index is 0.0137. The quantitative estimate of drug-likeness (QED) is 0.635. The second-order valence-electron chi connectivity index (χ2n) is 5.95. The fourth-order valence-electron chi connectivity index (χ4n) is 2.85. The molecule has 5 heteroatoms. The fraction of sp³-hybridized carbons (Fsp3) is 0.200. The highest BCUT2D eigenvalue weighted by molar-refractivity contribution is 6.30. The number of amides is 1. The molecule has 128 valence electrons. The third kappa shape index (κ3) is 4.28. The van der Waals surface area contributed by atoms with E-state index in [2.05, 4.69) is 22.4 Å². The van der Waals surface area contributed by atoms with Crippen LogP contribution in [0.25, 0.3) is 11.1 Å². The molecule has 25 heavy (non-hydrogen) atoms. The van der Waals surface area contributed by atoms with Gasteiger partial charge in [-0.05, 0) is 41.8 Å². The van der Waals surface area contributed by atoms with E-state index in [0.29, 0.717) is 5.02 Å². The Morgan fingerprint density at radius 1 is 1.20 bits per heavy atom. The maximum atomic E-state index is 12.8. The lowest BCUT2D eigenvalue weighted by molar-refractivity contribution is -0.117. The largest absolute Gasteiger partial charge is 0.326 e. The summed E-state index contributed by atoms with van der Waals surface area (Å²) in [6.07, 6.45) is 5.30. The van der Waals surface area contributed by atoms with Crippen LogP contribution in [0.3, 0.4) is 0 Å². The number of H-pyrrole nitrogens is 1. The Morgan fingerprint density at radius 3 is 2.64 bits per heavy atom. The van der Waals surface area contributed by atoms with Crippen molar-refractivity contribution in [2.24, 2.45) is 0 Å². The van der Waals surface area contributed by atoms with E-state index in [0.717, 1.165) is 35.2 Å². The Labute approximate surface area is 152 Å². The molecule has 0 aliphatic heterocycles. The van der Waals surface area contributed by atoms with Crippen molar-refractivity contribution < 1.29 is 4.79 Å². The number of hydrogen-bond donors (Lipinski definition) is 2. The van der Waals surface area contributed by atoms with Crippen molar-refractivity contribution in [1.29, 1.82) is 0 Å². The average molecular weight is 354 g/mol. The molecule has 1 atom stereocenters. The predicted octanol–water partition coefficient (Wildman–Crippen LogP) is 5.25. The average Bonchev–Trinajstić information content (AvgIpc) is 3.15. The minimum atomic E-state index is -0.211. The normalized spacial score (nSPS) is 11.9. The van der Waals surface area contributed by atoms with E-state index in [1.54, 1.807) is 6.20 Å². The summed E-state index contributed by atoms with van der Waals surface area (Å²) >= 11 is 6.08. The second-order valence-corrected chi connectivity index (χ2v) is 6.39. The van der Waals surface area contributed by atoms with Gasteiger partial charge in [-0.25, -0.2) is 0 Å². The molecular weight excluding hydrogens is 334 g/mol. The molecule has 1 heterocycles. The van der Waals surface area contributed by atoms with Gasteiger partial charge in [-0.2, -0.15) is 5.10 Å². The van der Waals surface area contributed by atoms with Crippen LogP contribution in [0.5, 0.6) is 0 Å². The van der Waals surface area contributed by atoms with Crippen LogP contribution in [-0.2, 0) is 4.79 Å². The number of carbonyl (C=O) groups is 1. The molecule has 2 aromatic carbocycles. The molecule has 1 unspecified atom stereocenters. The standard InChI is InChI=1S/C20H20ClN3O/c1-2-4-19(15-5-3-6-17(21)11-15)20(25)24-18-9-7-14(8-10-18)16-12-22-23-13-16/h3,5-13,19H,2,4H2,1H3,(H,22,23)(H,24,25). The van der Waals surface area contributed by atoms with Crippen molar-refractivity contribution in [2.45, 2.75) is 25.7 Å². The molecule has 3 aromatic rings. The number of aromatic amines is 1. The highest BCUT2D eigenvalue weighted by atomic mass is 35.5. The Hall–Kier alpha value is -2.59. The van der Waals surface area contributed by atoms with E-state index in [1.165, 1.54) is 0 Å². The summed E-state index contributed by atoms with van der Waals surface area (Å²) in [6.45, 7) is 2.07. The summed E-state index contributed by atoms with van der Waals surface area (Å²) < 4.78 is 0. The van der Waals surface area contributed by atoms with Crippen LogP contribution in [0.2, 0.25) is 5.02 Å². The van der Waals surface area contributed by atoms with E-state index in [1.807, 2.05) is 54.7 Å². The number of carbonyl (C=O) groups excluding carboxylic acids is 1. The van der Waals surface area contributed by atoms with Crippen LogP contribution in [0.1, 0.15) is 31.2 Å². The smallest absolute Gasteiger partial charge is 0.231 e. The Bertz CT molecular complexity index is 828. The first kappa shape index (κ1) is 17.2. The molecule has 1 aromatic heterocycles. The first-order valence-corrected chi connectivity index (χ1v) is 8.70. The van der Waals surface area contributed by atoms with E-state index in [-0.39, 0.29) is 11.8 Å². The van der Waals surface area contributed by atoms with Crippen molar-refractivity contribution in [1.82, 2.24) is 10.2 Å². The number of benzene rings is 2. The summed E-state index contributed by atoms with van der Waals surface area (Å²) in [5.41, 5.74) is 3.79. The predicted molar refractivity (Wildman–Crippen MR) is 102 cm³/mol. The lowest BCUT2D eigenvalue weighted by Gasteiger charge is -2.17. The number of rotatable bonds is 6. The third-order valence-electron chi connectivity index (χ3n) is 4.13. The van der Waals surface area contributed by atoms with Crippen LogP contribution in [0.4, 0.5) is 5.69 Å². The zero-order valence-electron chi connectivity index (χ0n) is 14.0. The number of nitrogens with zero attached hydrogens (tertiary/aromatic N) is 1. The van der Waals surface area contributed by atoms with Gasteiger partial charge in [0.2, 0.25) is 5.91 Å². The summed E-state index contributed by atoms with van der Waals surface area (Å²) in [4.78, 5) is 12.8. The van der Waals surface area contributed by atoms with Crippen LogP contribution < -0.4 is 5.32 Å². The summed E-state index contributed by atoms with van der Waals surface area (Å²) in [5, 5.41) is 10.4. The van der Waals surface area contributed by atoms with Gasteiger partial charge in [0.1, 0.15) is 0 Å². The molecule has 0 saturated heterocycles. The molecule has 0 radical (unpaired) electrons. The van der Waals surface area contributed by atoms with Gasteiger partial charge >= 0.3 is 0 Å². The van der Waals surface area contributed by atoms with Crippen LogP contribution >= 0.6 is 11.6 Å². The summed E-state index contributed by atoms with van der Waals surface area (Å²) in [7, 11) is 0. The highest BCUT2D eigenvalue weighted by Gasteiger charge is 2.20. The molecule has 0 spiro atoms. The first-order chi connectivity index (χ1) is 12.2. The lowest BCUT2D eigenvalue weighted by Crippen LogP contribution is -2.21. The van der Waals surface area contributed by atoms with Gasteiger partial charge in [0.15, 0.2) is 0 Å². The molecule has 0 fully saturated rings. The second kappa shape index (κ2) is 7.99. The highest BCUT2D eigenvalue weighted by Crippen LogP contribution is 2.26. The van der Waals surface area contributed by atoms with Gasteiger partial charge in [0, 0.05) is 22.5 Å². The number of aromatic nitrogens is 2. The topological polar surface area (TPSA) is 57.8 Å². The van der Waals surface area contributed by atoms with Gasteiger partial charge in [0.25, 0.3) is 0 Å². The molecule has 2 N–H and O–H groups in total. The number of halogens is 1. The van der Waals surface area contributed by atoms with Gasteiger partial charge in [-0.1, -0.05) is 49.2 Å². The van der Waals surface area contributed by atoms with E-state index >= 15 is 0 Å². The van der Waals surface area contributed by atoms with Crippen molar-refractivity contribution >= 4 is 23.2 Å². The summed E-state index contributed by atoms with van der Waals surface area (Å²) in [5.74, 6) is -0.225. The molecule has 0 bridgehead atoms. The zero-order valence-corrected chi connectivity index (χ0v) is 14.8. The third-order valence-corrected chi connectivity index (χ3v) is 4.36. The Kier molecular flexibility index (Phi) is 5.51. The van der Waals surface area contributed by atoms with Gasteiger partial charge < -0.3 is 5.32 Å². The Morgan fingerprint density at radius 2 is 2.00 bits per heavy atom. The maximum absolute atomic E-state index is 12.8. The van der Waals surface area contributed by atoms with E-state index in [9.17, 15) is 4.79 Å². The van der Waals surface area contributed by atoms with Crippen molar-refractivity contribution in [3.63, 3.8) is 0 Å². The minimum Gasteiger partial charge on any atom is -0.326 e. The van der Waals surface area contributed by atoms with Crippen LogP contribution in [0.15, 0.2) is 60.9 Å².